The topological polar surface area (TPSA) is 107 Å². The normalized spacial score (nSPS) is 11.4. The second-order valence-electron chi connectivity index (χ2n) is 5.97. The first-order valence-electron chi connectivity index (χ1n) is 7.93. The Bertz CT molecular complexity index is 1110. The first kappa shape index (κ1) is 18.7. The standard InChI is InChI=1S/C18H17FN4O3S/c1-23-11-13(10-21-23)15-7-6-14(9-17(15)27(20,25)26)22-18(24)8-12-4-2-3-5-16(12)19/h2-7,9-11H,8H2,1H3,(H,22,24)(H2,20,25,26). The van der Waals surface area contributed by atoms with Crippen molar-refractivity contribution in [2.24, 2.45) is 12.2 Å². The average molecular weight is 388 g/mol. The van der Waals surface area contributed by atoms with Crippen LogP contribution in [0.4, 0.5) is 10.1 Å². The van der Waals surface area contributed by atoms with E-state index in [1.807, 2.05) is 0 Å². The summed E-state index contributed by atoms with van der Waals surface area (Å²) in [6.07, 6.45) is 2.99. The lowest BCUT2D eigenvalue weighted by Gasteiger charge is -2.11. The number of aromatic nitrogens is 2. The molecule has 2 aromatic carbocycles. The summed E-state index contributed by atoms with van der Waals surface area (Å²) in [5.74, 6) is -0.959. The highest BCUT2D eigenvalue weighted by atomic mass is 32.2. The number of aryl methyl sites for hydroxylation is 1. The van der Waals surface area contributed by atoms with Crippen LogP contribution in [0.2, 0.25) is 0 Å². The third kappa shape index (κ3) is 4.39. The van der Waals surface area contributed by atoms with E-state index >= 15 is 0 Å². The number of carbonyl (C=O) groups excluding carboxylic acids is 1. The largest absolute Gasteiger partial charge is 0.326 e. The van der Waals surface area contributed by atoms with Crippen LogP contribution in [0.5, 0.6) is 0 Å². The molecule has 140 valence electrons. The van der Waals surface area contributed by atoms with Crippen molar-refractivity contribution in [2.45, 2.75) is 11.3 Å². The molecule has 27 heavy (non-hydrogen) atoms. The molecule has 3 rings (SSSR count). The third-order valence-corrected chi connectivity index (χ3v) is 4.85. The number of amides is 1. The molecule has 1 heterocycles. The van der Waals surface area contributed by atoms with Crippen LogP contribution in [0.3, 0.4) is 0 Å². The lowest BCUT2D eigenvalue weighted by atomic mass is 10.1. The number of nitrogens with two attached hydrogens (primary N) is 1. The lowest BCUT2D eigenvalue weighted by molar-refractivity contribution is -0.115. The third-order valence-electron chi connectivity index (χ3n) is 3.90. The van der Waals surface area contributed by atoms with E-state index in [4.69, 9.17) is 5.14 Å². The Morgan fingerprint density at radius 2 is 2.00 bits per heavy atom. The number of rotatable bonds is 5. The van der Waals surface area contributed by atoms with E-state index in [1.54, 1.807) is 25.4 Å². The van der Waals surface area contributed by atoms with Crippen LogP contribution in [-0.2, 0) is 28.3 Å². The Labute approximate surface area is 155 Å². The number of nitrogens with one attached hydrogen (secondary N) is 1. The Kier molecular flexibility index (Phi) is 5.06. The van der Waals surface area contributed by atoms with Crippen LogP contribution < -0.4 is 10.5 Å². The molecule has 0 aliphatic heterocycles. The maximum atomic E-state index is 13.7. The Morgan fingerprint density at radius 3 is 2.63 bits per heavy atom. The van der Waals surface area contributed by atoms with Crippen LogP contribution in [0.1, 0.15) is 5.56 Å². The van der Waals surface area contributed by atoms with Gasteiger partial charge < -0.3 is 5.32 Å². The molecule has 1 amide bonds. The quantitative estimate of drug-likeness (QED) is 0.697. The smallest absolute Gasteiger partial charge is 0.238 e. The summed E-state index contributed by atoms with van der Waals surface area (Å²) in [6, 6.07) is 10.3. The Hall–Kier alpha value is -3.04. The van der Waals surface area contributed by atoms with Crippen molar-refractivity contribution in [1.82, 2.24) is 9.78 Å². The highest BCUT2D eigenvalue weighted by Gasteiger charge is 2.18. The van der Waals surface area contributed by atoms with Gasteiger partial charge in [-0.05, 0) is 23.8 Å². The fraction of sp³-hybridized carbons (Fsp3) is 0.111. The molecular weight excluding hydrogens is 371 g/mol. The fourth-order valence-electron chi connectivity index (χ4n) is 2.65. The molecule has 0 saturated heterocycles. The maximum absolute atomic E-state index is 13.7. The minimum atomic E-state index is -4.04. The van der Waals surface area contributed by atoms with Crippen molar-refractivity contribution in [1.29, 1.82) is 0 Å². The minimum Gasteiger partial charge on any atom is -0.326 e. The van der Waals surface area contributed by atoms with Gasteiger partial charge in [0, 0.05) is 30.1 Å². The molecule has 0 bridgehead atoms. The Balaban J connectivity index is 1.89. The van der Waals surface area contributed by atoms with Crippen LogP contribution in [0, 0.1) is 5.82 Å². The molecule has 9 heteroatoms. The van der Waals surface area contributed by atoms with Gasteiger partial charge >= 0.3 is 0 Å². The second kappa shape index (κ2) is 7.29. The van der Waals surface area contributed by atoms with Gasteiger partial charge in [-0.2, -0.15) is 5.10 Å². The summed E-state index contributed by atoms with van der Waals surface area (Å²) in [5.41, 5.74) is 1.44. The molecule has 1 aromatic heterocycles. The summed E-state index contributed by atoms with van der Waals surface area (Å²) < 4.78 is 39.2. The molecule has 0 saturated carbocycles. The molecule has 0 aliphatic rings. The molecule has 0 fully saturated rings. The number of primary sulfonamides is 1. The first-order valence-corrected chi connectivity index (χ1v) is 9.48. The maximum Gasteiger partial charge on any atom is 0.238 e. The van der Waals surface area contributed by atoms with Gasteiger partial charge in [0.1, 0.15) is 5.82 Å². The van der Waals surface area contributed by atoms with Crippen LogP contribution in [-0.4, -0.2) is 24.1 Å². The molecule has 7 nitrogen and oxygen atoms in total. The number of carbonyl (C=O) groups is 1. The summed E-state index contributed by atoms with van der Waals surface area (Å²) in [4.78, 5) is 12.0. The number of hydrogen-bond acceptors (Lipinski definition) is 4. The van der Waals surface area contributed by atoms with Crippen molar-refractivity contribution in [3.05, 3.63) is 66.2 Å². The van der Waals surface area contributed by atoms with Crippen molar-refractivity contribution >= 4 is 21.6 Å². The number of anilines is 1. The molecular formula is C18H17FN4O3S. The Morgan fingerprint density at radius 1 is 1.26 bits per heavy atom. The van der Waals surface area contributed by atoms with Crippen LogP contribution in [0.15, 0.2) is 59.8 Å². The zero-order valence-corrected chi connectivity index (χ0v) is 15.2. The van der Waals surface area contributed by atoms with Gasteiger partial charge in [0.05, 0.1) is 17.5 Å². The molecule has 0 radical (unpaired) electrons. The van der Waals surface area contributed by atoms with E-state index in [-0.39, 0.29) is 22.6 Å². The van der Waals surface area contributed by atoms with Gasteiger partial charge in [0.25, 0.3) is 0 Å². The van der Waals surface area contributed by atoms with E-state index in [0.717, 1.165) is 0 Å². The number of halogens is 1. The number of sulfonamides is 1. The lowest BCUT2D eigenvalue weighted by Crippen LogP contribution is -2.17. The van der Waals surface area contributed by atoms with E-state index in [9.17, 15) is 17.6 Å². The van der Waals surface area contributed by atoms with Gasteiger partial charge in [-0.3, -0.25) is 9.48 Å². The van der Waals surface area contributed by atoms with E-state index in [1.165, 1.54) is 41.2 Å². The minimum absolute atomic E-state index is 0.140. The van der Waals surface area contributed by atoms with E-state index in [2.05, 4.69) is 10.4 Å². The van der Waals surface area contributed by atoms with Crippen molar-refractivity contribution in [3.63, 3.8) is 0 Å². The van der Waals surface area contributed by atoms with Gasteiger partial charge in [-0.25, -0.2) is 17.9 Å². The number of benzene rings is 2. The van der Waals surface area contributed by atoms with Gasteiger partial charge in [0.2, 0.25) is 15.9 Å². The molecule has 3 N–H and O–H groups in total. The summed E-state index contributed by atoms with van der Waals surface area (Å²) in [7, 11) is -2.34. The summed E-state index contributed by atoms with van der Waals surface area (Å²) >= 11 is 0. The SMILES string of the molecule is Cn1cc(-c2ccc(NC(=O)Cc3ccccc3F)cc2S(N)(=O)=O)cn1. The molecule has 0 atom stereocenters. The zero-order valence-electron chi connectivity index (χ0n) is 14.4. The second-order valence-corrected chi connectivity index (χ2v) is 7.50. The average Bonchev–Trinajstić information content (AvgIpc) is 3.02. The van der Waals surface area contributed by atoms with Crippen LogP contribution >= 0.6 is 0 Å². The zero-order chi connectivity index (χ0) is 19.6. The molecule has 3 aromatic rings. The summed E-state index contributed by atoms with van der Waals surface area (Å²) in [5, 5.41) is 11.9. The number of hydrogen-bond donors (Lipinski definition) is 2. The fourth-order valence-corrected chi connectivity index (χ4v) is 3.44. The predicted octanol–water partition coefficient (Wildman–Crippen LogP) is 2.05. The highest BCUT2D eigenvalue weighted by molar-refractivity contribution is 7.89. The van der Waals surface area contributed by atoms with E-state index in [0.29, 0.717) is 11.1 Å². The predicted molar refractivity (Wildman–Crippen MR) is 98.8 cm³/mol. The van der Waals surface area contributed by atoms with E-state index < -0.39 is 21.7 Å². The molecule has 0 spiro atoms. The van der Waals surface area contributed by atoms with Gasteiger partial charge in [-0.1, -0.05) is 24.3 Å². The highest BCUT2D eigenvalue weighted by Crippen LogP contribution is 2.29. The monoisotopic (exact) mass is 388 g/mol. The van der Waals surface area contributed by atoms with Crippen molar-refractivity contribution in [2.75, 3.05) is 5.32 Å². The van der Waals surface area contributed by atoms with Crippen molar-refractivity contribution < 1.29 is 17.6 Å². The molecule has 0 aliphatic carbocycles. The first-order chi connectivity index (χ1) is 12.7. The number of nitrogens with zero attached hydrogens (tertiary/aromatic N) is 2. The summed E-state index contributed by atoms with van der Waals surface area (Å²) in [6.45, 7) is 0. The van der Waals surface area contributed by atoms with Gasteiger partial charge in [-0.15, -0.1) is 0 Å². The molecule has 0 unspecified atom stereocenters. The van der Waals surface area contributed by atoms with Crippen LogP contribution in [0.25, 0.3) is 11.1 Å². The van der Waals surface area contributed by atoms with Crippen molar-refractivity contribution in [3.8, 4) is 11.1 Å². The van der Waals surface area contributed by atoms with Gasteiger partial charge in [0.15, 0.2) is 0 Å².